The van der Waals surface area contributed by atoms with Crippen molar-refractivity contribution in [1.82, 2.24) is 15.0 Å². The lowest BCUT2D eigenvalue weighted by molar-refractivity contribution is -0.146. The first-order valence-corrected chi connectivity index (χ1v) is 19.8. The van der Waals surface area contributed by atoms with Crippen molar-refractivity contribution in [1.29, 1.82) is 0 Å². The number of aliphatic hydroxyl groups is 1. The Kier molecular flexibility index (Phi) is 8.55. The van der Waals surface area contributed by atoms with Gasteiger partial charge in [0.25, 0.3) is 5.91 Å². The van der Waals surface area contributed by atoms with Crippen LogP contribution in [0.1, 0.15) is 54.5 Å². The molecular formula is C37H42FN5O4Si. The third-order valence-corrected chi connectivity index (χ3v) is 12.9. The molecule has 4 heterocycles. The minimum absolute atomic E-state index is 0.100. The fourth-order valence-electron chi connectivity index (χ4n) is 8.25. The van der Waals surface area contributed by atoms with E-state index in [0.717, 1.165) is 34.5 Å². The van der Waals surface area contributed by atoms with Crippen LogP contribution in [0, 0.1) is 5.92 Å². The Balaban J connectivity index is 1.15. The lowest BCUT2D eigenvalue weighted by Gasteiger charge is -2.31. The summed E-state index contributed by atoms with van der Waals surface area (Å²) in [6.45, 7) is 6.71. The number of aryl methyl sites for hydroxylation is 1. The molecule has 1 N–H and O–H groups in total. The van der Waals surface area contributed by atoms with E-state index in [0.29, 0.717) is 38.2 Å². The van der Waals surface area contributed by atoms with E-state index in [1.807, 2.05) is 92.0 Å². The molecule has 0 saturated carbocycles. The number of amides is 2. The Morgan fingerprint density at radius 2 is 1.83 bits per heavy atom. The van der Waals surface area contributed by atoms with Crippen molar-refractivity contribution in [2.45, 2.75) is 75.5 Å². The van der Waals surface area contributed by atoms with E-state index in [2.05, 4.69) is 10.3 Å². The van der Waals surface area contributed by atoms with Crippen LogP contribution < -0.4 is 9.80 Å². The van der Waals surface area contributed by atoms with Gasteiger partial charge in [-0.2, -0.15) is 0 Å². The molecule has 48 heavy (non-hydrogen) atoms. The number of benzene rings is 3. The first-order valence-electron chi connectivity index (χ1n) is 16.8. The van der Waals surface area contributed by atoms with Gasteiger partial charge < -0.3 is 23.8 Å². The molecule has 9 nitrogen and oxygen atoms in total. The Bertz CT molecular complexity index is 1810. The normalized spacial score (nSPS) is 24.6. The van der Waals surface area contributed by atoms with Crippen LogP contribution in [0.5, 0.6) is 0 Å². The molecule has 1 unspecified atom stereocenters. The number of halogens is 1. The van der Waals surface area contributed by atoms with Crippen molar-refractivity contribution < 1.29 is 23.5 Å². The Labute approximate surface area is 281 Å². The summed E-state index contributed by atoms with van der Waals surface area (Å²) in [4.78, 5) is 30.7. The van der Waals surface area contributed by atoms with Gasteiger partial charge in [0.2, 0.25) is 14.3 Å². The zero-order valence-electron chi connectivity index (χ0n) is 27.6. The van der Waals surface area contributed by atoms with Crippen LogP contribution in [-0.4, -0.2) is 59.6 Å². The maximum Gasteiger partial charge on any atom is 0.264 e. The number of aliphatic hydroxyl groups excluding tert-OH is 1. The molecule has 0 aliphatic carbocycles. The van der Waals surface area contributed by atoms with Crippen molar-refractivity contribution in [3.63, 3.8) is 0 Å². The van der Waals surface area contributed by atoms with Gasteiger partial charge in [-0.05, 0) is 55.3 Å². The van der Waals surface area contributed by atoms with Gasteiger partial charge in [-0.25, -0.2) is 0 Å². The number of hydrogen-bond donors (Lipinski definition) is 1. The summed E-state index contributed by atoms with van der Waals surface area (Å²) >= 11 is 0. The van der Waals surface area contributed by atoms with Gasteiger partial charge in [0, 0.05) is 48.4 Å². The molecule has 5 atom stereocenters. The predicted molar refractivity (Wildman–Crippen MR) is 184 cm³/mol. The number of hydrogen-bond acceptors (Lipinski definition) is 6. The van der Waals surface area contributed by atoms with Gasteiger partial charge in [-0.15, -0.1) is 5.10 Å². The number of carbonyl (C=O) groups excluding carboxylic acids is 2. The minimum Gasteiger partial charge on any atom is -0.395 e. The van der Waals surface area contributed by atoms with Crippen LogP contribution >= 0.6 is 0 Å². The highest BCUT2D eigenvalue weighted by molar-refractivity contribution is 6.72. The van der Waals surface area contributed by atoms with Crippen molar-refractivity contribution in [2.75, 3.05) is 23.0 Å². The molecule has 0 bridgehead atoms. The molecule has 7 rings (SSSR count). The topological polar surface area (TPSA) is 101 Å². The third-order valence-electron chi connectivity index (χ3n) is 10.4. The van der Waals surface area contributed by atoms with Crippen LogP contribution in [0.3, 0.4) is 0 Å². The zero-order valence-corrected chi connectivity index (χ0v) is 28.6. The lowest BCUT2D eigenvalue weighted by atomic mass is 9.82. The van der Waals surface area contributed by atoms with Gasteiger partial charge in [-0.1, -0.05) is 72.8 Å². The van der Waals surface area contributed by atoms with Crippen molar-refractivity contribution in [3.05, 3.63) is 107 Å². The van der Waals surface area contributed by atoms with Crippen LogP contribution in [0.2, 0.25) is 18.6 Å². The quantitative estimate of drug-likeness (QED) is 0.166. The molecule has 3 aliphatic rings. The molecule has 2 amide bonds. The summed E-state index contributed by atoms with van der Waals surface area (Å²) in [5.74, 6) is -0.764. The smallest absolute Gasteiger partial charge is 0.264 e. The van der Waals surface area contributed by atoms with E-state index in [1.165, 1.54) is 0 Å². The summed E-state index contributed by atoms with van der Waals surface area (Å²) in [7, 11) is -3.33. The summed E-state index contributed by atoms with van der Waals surface area (Å²) < 4.78 is 24.9. The highest BCUT2D eigenvalue weighted by atomic mass is 28.4. The van der Waals surface area contributed by atoms with E-state index in [4.69, 9.17) is 4.74 Å². The van der Waals surface area contributed by atoms with Crippen LogP contribution in [-0.2, 0) is 33.0 Å². The van der Waals surface area contributed by atoms with E-state index in [1.54, 1.807) is 27.6 Å². The van der Waals surface area contributed by atoms with Gasteiger partial charge in [0.1, 0.15) is 0 Å². The summed E-state index contributed by atoms with van der Waals surface area (Å²) in [6.07, 6.45) is 3.16. The number of rotatable bonds is 10. The first kappa shape index (κ1) is 32.4. The van der Waals surface area contributed by atoms with Crippen molar-refractivity contribution in [3.8, 4) is 0 Å². The van der Waals surface area contributed by atoms with Crippen LogP contribution in [0.15, 0.2) is 85.1 Å². The first-order chi connectivity index (χ1) is 23.1. The second-order valence-corrected chi connectivity index (χ2v) is 17.6. The van der Waals surface area contributed by atoms with Gasteiger partial charge in [-0.3, -0.25) is 14.3 Å². The highest BCUT2D eigenvalue weighted by Gasteiger charge is 2.66. The number of anilines is 2. The molecule has 1 aromatic heterocycles. The standard InChI is InChI=1S/C37H42FN5O4Si/c1-25-35(48(2,3)38)33(18-20-41-23-31(39-40-41)29(24-44)27-12-5-4-6-13-27)47-37(25)30-15-7-8-16-32(30)43(36(37)46)22-26-11-9-14-28(21-26)42-19-10-17-34(42)45/h4-9,11-16,21,23,25,29,33,35,44H,10,17-20,22,24H2,1-3H3/t25-,29?,33+,35-,37+/m0/s1. The lowest BCUT2D eigenvalue weighted by Crippen LogP contribution is -2.45. The molecule has 1 spiro atoms. The fraction of sp³-hybridized carbons (Fsp3) is 0.405. The average molecular weight is 668 g/mol. The van der Waals surface area contributed by atoms with Crippen molar-refractivity contribution >= 4 is 31.6 Å². The number of carbonyl (C=O) groups is 2. The highest BCUT2D eigenvalue weighted by Crippen LogP contribution is 2.60. The molecule has 4 aromatic rings. The molecule has 3 aliphatic heterocycles. The SMILES string of the molecule is C[C@H]1[C@H]([Si](C)(C)F)[C@@H](CCn2cc(C(CO)c3ccccc3)nn2)O[C@]12C(=O)N(Cc1cccc(N3CCCC3=O)c1)c1ccccc12. The molecule has 11 heteroatoms. The fourth-order valence-corrected chi connectivity index (χ4v) is 10.8. The Hall–Kier alpha value is -4.19. The van der Waals surface area contributed by atoms with Gasteiger partial charge >= 0.3 is 0 Å². The van der Waals surface area contributed by atoms with Crippen molar-refractivity contribution in [2.24, 2.45) is 5.92 Å². The van der Waals surface area contributed by atoms with E-state index < -0.39 is 31.6 Å². The average Bonchev–Trinajstić information content (AvgIpc) is 3.84. The van der Waals surface area contributed by atoms with Crippen LogP contribution in [0.25, 0.3) is 0 Å². The summed E-state index contributed by atoms with van der Waals surface area (Å²) in [6, 6.07) is 25.2. The molecule has 0 radical (unpaired) electrons. The van der Waals surface area contributed by atoms with Gasteiger partial charge in [0.05, 0.1) is 36.6 Å². The number of para-hydroxylation sites is 1. The molecule has 3 aromatic carbocycles. The second kappa shape index (κ2) is 12.7. The number of fused-ring (bicyclic) bond motifs is 2. The molecule has 2 saturated heterocycles. The monoisotopic (exact) mass is 667 g/mol. The van der Waals surface area contributed by atoms with Gasteiger partial charge in [0.15, 0.2) is 5.60 Å². The Morgan fingerprint density at radius 1 is 1.06 bits per heavy atom. The maximum atomic E-state index is 16.3. The molecular weight excluding hydrogens is 626 g/mol. The molecule has 250 valence electrons. The number of ether oxygens (including phenoxy) is 1. The summed E-state index contributed by atoms with van der Waals surface area (Å²) in [5, 5.41) is 18.8. The number of aromatic nitrogens is 3. The Morgan fingerprint density at radius 3 is 2.56 bits per heavy atom. The zero-order chi connectivity index (χ0) is 33.6. The maximum absolute atomic E-state index is 16.3. The van der Waals surface area contributed by atoms with E-state index in [-0.39, 0.29) is 24.3 Å². The van der Waals surface area contributed by atoms with E-state index in [9.17, 15) is 14.7 Å². The number of nitrogens with zero attached hydrogens (tertiary/aromatic N) is 5. The third kappa shape index (κ3) is 5.57. The van der Waals surface area contributed by atoms with E-state index >= 15 is 4.11 Å². The van der Waals surface area contributed by atoms with Crippen LogP contribution in [0.4, 0.5) is 15.5 Å². The minimum atomic E-state index is -3.33. The largest absolute Gasteiger partial charge is 0.395 e. The predicted octanol–water partition coefficient (Wildman–Crippen LogP) is 5.94. The second-order valence-electron chi connectivity index (χ2n) is 13.8. The summed E-state index contributed by atoms with van der Waals surface area (Å²) in [5.41, 5.74) is 3.15. The molecule has 2 fully saturated rings.